The van der Waals surface area contributed by atoms with Crippen LogP contribution in [0.5, 0.6) is 0 Å². The van der Waals surface area contributed by atoms with E-state index in [2.05, 4.69) is 17.0 Å². The summed E-state index contributed by atoms with van der Waals surface area (Å²) >= 11 is 5.97. The number of carbonyl (C=O) groups excluding carboxylic acids is 2. The highest BCUT2D eigenvalue weighted by Crippen LogP contribution is 2.21. The van der Waals surface area contributed by atoms with E-state index in [1.54, 1.807) is 0 Å². The summed E-state index contributed by atoms with van der Waals surface area (Å²) < 4.78 is 0. The first-order valence-corrected chi connectivity index (χ1v) is 10.5. The van der Waals surface area contributed by atoms with Crippen LogP contribution in [-0.2, 0) is 16.1 Å². The van der Waals surface area contributed by atoms with Crippen molar-refractivity contribution in [3.8, 4) is 0 Å². The summed E-state index contributed by atoms with van der Waals surface area (Å²) in [6.45, 7) is 6.83. The van der Waals surface area contributed by atoms with E-state index in [4.69, 9.17) is 11.6 Å². The first-order valence-electron chi connectivity index (χ1n) is 10.1. The van der Waals surface area contributed by atoms with Gasteiger partial charge in [-0.25, -0.2) is 0 Å². The van der Waals surface area contributed by atoms with Crippen LogP contribution in [0.4, 0.5) is 0 Å². The number of nitrogens with zero attached hydrogens (tertiary/aromatic N) is 3. The van der Waals surface area contributed by atoms with E-state index in [0.717, 1.165) is 70.0 Å². The highest BCUT2D eigenvalue weighted by Gasteiger charge is 2.34. The molecule has 1 atom stereocenters. The van der Waals surface area contributed by atoms with Crippen molar-refractivity contribution in [3.05, 3.63) is 34.9 Å². The molecule has 0 radical (unpaired) electrons. The van der Waals surface area contributed by atoms with Gasteiger partial charge in [-0.3, -0.25) is 14.5 Å². The molecule has 0 saturated carbocycles. The first kappa shape index (κ1) is 20.2. The van der Waals surface area contributed by atoms with Crippen LogP contribution in [0.15, 0.2) is 24.3 Å². The molecular weight excluding hydrogens is 362 g/mol. The third-order valence-electron chi connectivity index (χ3n) is 5.63. The Kier molecular flexibility index (Phi) is 7.13. The number of hydrogen-bond donors (Lipinski definition) is 0. The molecular formula is C21H30ClN3O2. The zero-order chi connectivity index (χ0) is 19.2. The smallest absolute Gasteiger partial charge is 0.245 e. The van der Waals surface area contributed by atoms with Crippen LogP contribution >= 0.6 is 11.6 Å². The van der Waals surface area contributed by atoms with E-state index < -0.39 is 0 Å². The van der Waals surface area contributed by atoms with Gasteiger partial charge in [-0.15, -0.1) is 0 Å². The van der Waals surface area contributed by atoms with Gasteiger partial charge in [0.1, 0.15) is 6.04 Å². The van der Waals surface area contributed by atoms with Gasteiger partial charge in [-0.1, -0.05) is 30.7 Å². The minimum absolute atomic E-state index is 0.104. The van der Waals surface area contributed by atoms with Gasteiger partial charge in [0.15, 0.2) is 0 Å². The number of piperidine rings is 1. The highest BCUT2D eigenvalue weighted by atomic mass is 35.5. The Balaban J connectivity index is 1.58. The molecule has 3 rings (SSSR count). The Morgan fingerprint density at radius 3 is 2.52 bits per heavy atom. The fourth-order valence-electron chi connectivity index (χ4n) is 4.10. The maximum absolute atomic E-state index is 13.1. The fraction of sp³-hybridized carbons (Fsp3) is 0.619. The number of likely N-dealkylation sites (tertiary alicyclic amines) is 1. The van der Waals surface area contributed by atoms with Crippen LogP contribution in [0.25, 0.3) is 0 Å². The highest BCUT2D eigenvalue weighted by molar-refractivity contribution is 6.30. The molecule has 6 heteroatoms. The third-order valence-corrected chi connectivity index (χ3v) is 5.88. The van der Waals surface area contributed by atoms with E-state index >= 15 is 0 Å². The van der Waals surface area contributed by atoms with Crippen LogP contribution in [-0.4, -0.2) is 65.3 Å². The monoisotopic (exact) mass is 391 g/mol. The number of rotatable bonds is 4. The van der Waals surface area contributed by atoms with E-state index in [0.29, 0.717) is 6.42 Å². The average molecular weight is 392 g/mol. The van der Waals surface area contributed by atoms with Gasteiger partial charge >= 0.3 is 0 Å². The minimum Gasteiger partial charge on any atom is -0.340 e. The first-order chi connectivity index (χ1) is 13.1. The molecule has 1 aromatic carbocycles. The molecule has 148 valence electrons. The van der Waals surface area contributed by atoms with Crippen LogP contribution in [0.1, 0.15) is 44.6 Å². The lowest BCUT2D eigenvalue weighted by atomic mass is 10.00. The fourth-order valence-corrected chi connectivity index (χ4v) is 4.22. The second kappa shape index (κ2) is 9.56. The Labute approximate surface area is 167 Å². The predicted octanol–water partition coefficient (Wildman–Crippen LogP) is 3.17. The van der Waals surface area contributed by atoms with E-state index in [1.807, 2.05) is 28.9 Å². The van der Waals surface area contributed by atoms with Crippen molar-refractivity contribution in [2.45, 2.75) is 51.6 Å². The topological polar surface area (TPSA) is 43.9 Å². The number of carbonyl (C=O) groups is 2. The zero-order valence-corrected chi connectivity index (χ0v) is 17.0. The minimum atomic E-state index is -0.256. The molecule has 0 bridgehead atoms. The molecule has 2 aliphatic heterocycles. The summed E-state index contributed by atoms with van der Waals surface area (Å²) in [7, 11) is 0. The van der Waals surface area contributed by atoms with Gasteiger partial charge in [0.2, 0.25) is 11.8 Å². The standard InChI is InChI=1S/C21H30ClN3O2/c1-2-20(26)25-13-4-3-6-19(25)21(27)24-12-5-11-23(14-15-24)16-17-7-9-18(22)10-8-17/h7-10,19H,2-6,11-16H2,1H3. The maximum atomic E-state index is 13.1. The van der Waals surface area contributed by atoms with E-state index in [9.17, 15) is 9.59 Å². The normalized spacial score (nSPS) is 21.8. The van der Waals surface area contributed by atoms with Crippen LogP contribution in [0.2, 0.25) is 5.02 Å². The van der Waals surface area contributed by atoms with E-state index in [-0.39, 0.29) is 17.9 Å². The molecule has 1 unspecified atom stereocenters. The van der Waals surface area contributed by atoms with Crippen molar-refractivity contribution < 1.29 is 9.59 Å². The second-order valence-corrected chi connectivity index (χ2v) is 7.97. The lowest BCUT2D eigenvalue weighted by Crippen LogP contribution is -2.53. The van der Waals surface area contributed by atoms with Gasteiger partial charge in [0.25, 0.3) is 0 Å². The van der Waals surface area contributed by atoms with Gasteiger partial charge in [-0.05, 0) is 43.4 Å². The number of hydrogen-bond acceptors (Lipinski definition) is 3. The summed E-state index contributed by atoms with van der Waals surface area (Å²) in [6.07, 6.45) is 4.27. The summed E-state index contributed by atoms with van der Waals surface area (Å²) in [6, 6.07) is 7.72. The number of amides is 2. The third kappa shape index (κ3) is 5.23. The Hall–Kier alpha value is -1.59. The molecule has 2 saturated heterocycles. The molecule has 2 aliphatic rings. The quantitative estimate of drug-likeness (QED) is 0.791. The Morgan fingerprint density at radius 2 is 1.78 bits per heavy atom. The van der Waals surface area contributed by atoms with Gasteiger partial charge < -0.3 is 9.80 Å². The average Bonchev–Trinajstić information content (AvgIpc) is 2.94. The molecule has 2 fully saturated rings. The summed E-state index contributed by atoms with van der Waals surface area (Å²) in [5.74, 6) is 0.247. The lowest BCUT2D eigenvalue weighted by molar-refractivity contribution is -0.147. The molecule has 0 spiro atoms. The van der Waals surface area contributed by atoms with Gasteiger partial charge in [0.05, 0.1) is 0 Å². The van der Waals surface area contributed by atoms with Crippen molar-refractivity contribution in [3.63, 3.8) is 0 Å². The van der Waals surface area contributed by atoms with Gasteiger partial charge in [-0.2, -0.15) is 0 Å². The molecule has 0 aliphatic carbocycles. The maximum Gasteiger partial charge on any atom is 0.245 e. The van der Waals surface area contributed by atoms with Crippen molar-refractivity contribution in [2.24, 2.45) is 0 Å². The van der Waals surface area contributed by atoms with Crippen molar-refractivity contribution in [1.29, 1.82) is 0 Å². The van der Waals surface area contributed by atoms with Crippen molar-refractivity contribution >= 4 is 23.4 Å². The van der Waals surface area contributed by atoms with Crippen molar-refractivity contribution in [1.82, 2.24) is 14.7 Å². The molecule has 2 heterocycles. The SMILES string of the molecule is CCC(=O)N1CCCCC1C(=O)N1CCCN(Cc2ccc(Cl)cc2)CC1. The lowest BCUT2D eigenvalue weighted by Gasteiger charge is -2.37. The predicted molar refractivity (Wildman–Crippen MR) is 108 cm³/mol. The molecule has 27 heavy (non-hydrogen) atoms. The summed E-state index contributed by atoms with van der Waals surface area (Å²) in [4.78, 5) is 31.6. The Bertz CT molecular complexity index is 649. The van der Waals surface area contributed by atoms with Crippen LogP contribution in [0.3, 0.4) is 0 Å². The molecule has 0 N–H and O–H groups in total. The van der Waals surface area contributed by atoms with Crippen LogP contribution in [0, 0.1) is 0 Å². The molecule has 1 aromatic rings. The number of halogens is 1. The summed E-state index contributed by atoms with van der Waals surface area (Å²) in [5.41, 5.74) is 1.24. The molecule has 5 nitrogen and oxygen atoms in total. The number of benzene rings is 1. The Morgan fingerprint density at radius 1 is 1.00 bits per heavy atom. The van der Waals surface area contributed by atoms with Crippen LogP contribution < -0.4 is 0 Å². The molecule has 2 amide bonds. The van der Waals surface area contributed by atoms with E-state index in [1.165, 1.54) is 5.56 Å². The second-order valence-electron chi connectivity index (χ2n) is 7.53. The zero-order valence-electron chi connectivity index (χ0n) is 16.2. The molecule has 0 aromatic heterocycles. The van der Waals surface area contributed by atoms with Gasteiger partial charge in [0, 0.05) is 50.7 Å². The van der Waals surface area contributed by atoms with Crippen molar-refractivity contribution in [2.75, 3.05) is 32.7 Å². The summed E-state index contributed by atoms with van der Waals surface area (Å²) in [5, 5.41) is 0.755. The largest absolute Gasteiger partial charge is 0.340 e.